The van der Waals surface area contributed by atoms with Gasteiger partial charge in [-0.2, -0.15) is 0 Å². The van der Waals surface area contributed by atoms with E-state index in [1.54, 1.807) is 0 Å². The Labute approximate surface area is 93.4 Å². The topological polar surface area (TPSA) is 15.3 Å². The monoisotopic (exact) mass is 206 g/mol. The summed E-state index contributed by atoms with van der Waals surface area (Å²) in [5.41, 5.74) is 0. The molecule has 0 amide bonds. The Hall–Kier alpha value is -0.520. The summed E-state index contributed by atoms with van der Waals surface area (Å²) in [6.07, 6.45) is 7.94. The molecule has 15 heavy (non-hydrogen) atoms. The summed E-state index contributed by atoms with van der Waals surface area (Å²) in [7, 11) is 0. The van der Waals surface area contributed by atoms with Crippen molar-refractivity contribution in [2.24, 2.45) is 11.8 Å². The van der Waals surface area contributed by atoms with Crippen LogP contribution in [0.5, 0.6) is 0 Å². The van der Waals surface area contributed by atoms with E-state index in [-0.39, 0.29) is 0 Å². The first-order valence-corrected chi connectivity index (χ1v) is 6.24. The van der Waals surface area contributed by atoms with Crippen molar-refractivity contribution in [3.05, 3.63) is 0 Å². The standard InChI is InChI=1S/C13H22N2/c1-4-11(5-2)15-9-10-7-14-8-12(10)13(15)6-3/h1,10-14H,5-9H2,2-3H3. The van der Waals surface area contributed by atoms with Gasteiger partial charge in [-0.1, -0.05) is 19.8 Å². The summed E-state index contributed by atoms with van der Waals surface area (Å²) in [6, 6.07) is 1.08. The van der Waals surface area contributed by atoms with E-state index in [0.717, 1.165) is 18.3 Å². The molecule has 2 heteroatoms. The molecule has 1 N–H and O–H groups in total. The predicted octanol–water partition coefficient (Wildman–Crippen LogP) is 1.33. The van der Waals surface area contributed by atoms with Crippen LogP contribution in [0.15, 0.2) is 0 Å². The van der Waals surface area contributed by atoms with Crippen molar-refractivity contribution >= 4 is 0 Å². The van der Waals surface area contributed by atoms with Crippen LogP contribution in [0.25, 0.3) is 0 Å². The second-order valence-corrected chi connectivity index (χ2v) is 4.85. The molecule has 0 bridgehead atoms. The maximum Gasteiger partial charge on any atom is 0.0711 e. The van der Waals surface area contributed by atoms with Gasteiger partial charge in [-0.05, 0) is 37.8 Å². The van der Waals surface area contributed by atoms with E-state index in [0.29, 0.717) is 12.1 Å². The first-order chi connectivity index (χ1) is 7.31. The minimum absolute atomic E-state index is 0.362. The van der Waals surface area contributed by atoms with Crippen LogP contribution in [-0.2, 0) is 0 Å². The van der Waals surface area contributed by atoms with Crippen LogP contribution in [0.1, 0.15) is 26.7 Å². The Balaban J connectivity index is 2.10. The minimum Gasteiger partial charge on any atom is -0.316 e. The van der Waals surface area contributed by atoms with E-state index in [1.807, 2.05) is 0 Å². The summed E-state index contributed by atoms with van der Waals surface area (Å²) >= 11 is 0. The second kappa shape index (κ2) is 4.55. The first-order valence-electron chi connectivity index (χ1n) is 6.24. The molecule has 0 aliphatic carbocycles. The molecular formula is C13H22N2. The number of terminal acetylenes is 1. The average Bonchev–Trinajstić information content (AvgIpc) is 2.79. The number of likely N-dealkylation sites (tertiary alicyclic amines) is 1. The van der Waals surface area contributed by atoms with Crippen molar-refractivity contribution in [2.45, 2.75) is 38.8 Å². The van der Waals surface area contributed by atoms with Gasteiger partial charge in [0, 0.05) is 12.6 Å². The van der Waals surface area contributed by atoms with E-state index in [2.05, 4.69) is 30.0 Å². The second-order valence-electron chi connectivity index (χ2n) is 4.85. The van der Waals surface area contributed by atoms with Crippen LogP contribution in [0.4, 0.5) is 0 Å². The third-order valence-corrected chi connectivity index (χ3v) is 4.16. The third-order valence-electron chi connectivity index (χ3n) is 4.16. The fraction of sp³-hybridized carbons (Fsp3) is 0.846. The first kappa shape index (κ1) is 11.0. The van der Waals surface area contributed by atoms with Gasteiger partial charge in [0.25, 0.3) is 0 Å². The van der Waals surface area contributed by atoms with Gasteiger partial charge in [-0.3, -0.25) is 4.90 Å². The highest BCUT2D eigenvalue weighted by molar-refractivity contribution is 5.07. The van der Waals surface area contributed by atoms with Crippen LogP contribution in [0.2, 0.25) is 0 Å². The summed E-state index contributed by atoms with van der Waals surface area (Å²) in [5, 5.41) is 3.51. The van der Waals surface area contributed by atoms with Gasteiger partial charge in [0.2, 0.25) is 0 Å². The highest BCUT2D eigenvalue weighted by Crippen LogP contribution is 2.35. The normalized spacial score (nSPS) is 37.5. The van der Waals surface area contributed by atoms with Crippen molar-refractivity contribution < 1.29 is 0 Å². The number of rotatable bonds is 3. The van der Waals surface area contributed by atoms with Crippen molar-refractivity contribution in [3.8, 4) is 12.3 Å². The number of nitrogens with zero attached hydrogens (tertiary/aromatic N) is 1. The molecule has 2 nitrogen and oxygen atoms in total. The Morgan fingerprint density at radius 3 is 2.87 bits per heavy atom. The van der Waals surface area contributed by atoms with Crippen molar-refractivity contribution in [3.63, 3.8) is 0 Å². The number of hydrogen-bond donors (Lipinski definition) is 1. The summed E-state index contributed by atoms with van der Waals surface area (Å²) in [4.78, 5) is 2.58. The minimum atomic E-state index is 0.362. The Morgan fingerprint density at radius 1 is 1.47 bits per heavy atom. The van der Waals surface area contributed by atoms with E-state index in [1.165, 1.54) is 26.1 Å². The van der Waals surface area contributed by atoms with E-state index in [9.17, 15) is 0 Å². The molecule has 2 saturated heterocycles. The molecule has 2 rings (SSSR count). The molecule has 0 saturated carbocycles. The molecule has 0 aromatic rings. The lowest BCUT2D eigenvalue weighted by Gasteiger charge is -2.31. The molecule has 2 aliphatic rings. The summed E-state index contributed by atoms with van der Waals surface area (Å²) in [5.74, 6) is 4.64. The largest absolute Gasteiger partial charge is 0.316 e. The van der Waals surface area contributed by atoms with Crippen LogP contribution in [-0.4, -0.2) is 36.6 Å². The third kappa shape index (κ3) is 1.79. The van der Waals surface area contributed by atoms with Gasteiger partial charge < -0.3 is 5.32 Å². The molecule has 0 aromatic heterocycles. The Kier molecular flexibility index (Phi) is 3.33. The van der Waals surface area contributed by atoms with Gasteiger partial charge in [0.15, 0.2) is 0 Å². The quantitative estimate of drug-likeness (QED) is 0.701. The lowest BCUT2D eigenvalue weighted by molar-refractivity contribution is 0.183. The predicted molar refractivity (Wildman–Crippen MR) is 63.5 cm³/mol. The molecule has 0 radical (unpaired) electrons. The van der Waals surface area contributed by atoms with Crippen LogP contribution < -0.4 is 5.32 Å². The smallest absolute Gasteiger partial charge is 0.0711 e. The van der Waals surface area contributed by atoms with Crippen molar-refractivity contribution in [2.75, 3.05) is 19.6 Å². The maximum atomic E-state index is 5.62. The molecular weight excluding hydrogens is 184 g/mol. The highest BCUT2D eigenvalue weighted by atomic mass is 15.2. The fourth-order valence-electron chi connectivity index (χ4n) is 3.40. The SMILES string of the molecule is C#CC(CC)N1CC2CNCC2C1CC. The van der Waals surface area contributed by atoms with Crippen LogP contribution in [0, 0.1) is 24.2 Å². The number of hydrogen-bond acceptors (Lipinski definition) is 2. The van der Waals surface area contributed by atoms with E-state index < -0.39 is 0 Å². The molecule has 2 fully saturated rings. The lowest BCUT2D eigenvalue weighted by Crippen LogP contribution is -2.41. The molecule has 84 valence electrons. The van der Waals surface area contributed by atoms with Gasteiger partial charge in [0.1, 0.15) is 0 Å². The number of nitrogens with one attached hydrogen (secondary N) is 1. The highest BCUT2D eigenvalue weighted by Gasteiger charge is 2.44. The Bertz CT molecular complexity index is 256. The summed E-state index contributed by atoms with van der Waals surface area (Å²) < 4.78 is 0. The van der Waals surface area contributed by atoms with Gasteiger partial charge in [-0.15, -0.1) is 6.42 Å². The number of fused-ring (bicyclic) bond motifs is 1. The molecule has 0 spiro atoms. The van der Waals surface area contributed by atoms with Gasteiger partial charge in [-0.25, -0.2) is 0 Å². The van der Waals surface area contributed by atoms with E-state index in [4.69, 9.17) is 6.42 Å². The van der Waals surface area contributed by atoms with Crippen molar-refractivity contribution in [1.82, 2.24) is 10.2 Å². The maximum absolute atomic E-state index is 5.62. The van der Waals surface area contributed by atoms with Gasteiger partial charge >= 0.3 is 0 Å². The molecule has 4 atom stereocenters. The average molecular weight is 206 g/mol. The zero-order valence-corrected chi connectivity index (χ0v) is 9.87. The molecule has 4 unspecified atom stereocenters. The Morgan fingerprint density at radius 2 is 2.27 bits per heavy atom. The lowest BCUT2D eigenvalue weighted by atomic mass is 9.92. The molecule has 2 aliphatic heterocycles. The fourth-order valence-corrected chi connectivity index (χ4v) is 3.40. The van der Waals surface area contributed by atoms with Crippen molar-refractivity contribution in [1.29, 1.82) is 0 Å². The van der Waals surface area contributed by atoms with Gasteiger partial charge in [0.05, 0.1) is 6.04 Å². The molecule has 0 aromatic carbocycles. The zero-order valence-electron chi connectivity index (χ0n) is 9.87. The zero-order chi connectivity index (χ0) is 10.8. The van der Waals surface area contributed by atoms with Crippen LogP contribution in [0.3, 0.4) is 0 Å². The summed E-state index contributed by atoms with van der Waals surface area (Å²) in [6.45, 7) is 8.09. The van der Waals surface area contributed by atoms with Crippen LogP contribution >= 0.6 is 0 Å². The van der Waals surface area contributed by atoms with E-state index >= 15 is 0 Å². The molecule has 2 heterocycles.